The van der Waals surface area contributed by atoms with Crippen LogP contribution in [0.1, 0.15) is 36.5 Å². The van der Waals surface area contributed by atoms with E-state index in [1.165, 1.54) is 27.4 Å². The minimum atomic E-state index is -1.35. The van der Waals surface area contributed by atoms with Crippen LogP contribution in [0.15, 0.2) is 30.5 Å². The van der Waals surface area contributed by atoms with E-state index >= 15 is 0 Å². The summed E-state index contributed by atoms with van der Waals surface area (Å²) < 4.78 is 0. The summed E-state index contributed by atoms with van der Waals surface area (Å²) in [6.07, 6.45) is 2.13. The molecule has 0 radical (unpaired) electrons. The molecule has 0 spiro atoms. The molecule has 0 amide bonds. The zero-order valence-electron chi connectivity index (χ0n) is 14.4. The van der Waals surface area contributed by atoms with Crippen molar-refractivity contribution in [3.63, 3.8) is 0 Å². The molecular weight excluding hydrogens is 270 g/mol. The number of nitrogens with zero attached hydrogens (tertiary/aromatic N) is 1. The molecule has 0 atom stereocenters. The largest absolute Gasteiger partial charge is 0.256 e. The molecule has 1 aromatic carbocycles. The molecule has 21 heavy (non-hydrogen) atoms. The van der Waals surface area contributed by atoms with Crippen LogP contribution in [0.2, 0.25) is 19.6 Å². The van der Waals surface area contributed by atoms with Gasteiger partial charge in [0.05, 0.1) is 13.8 Å². The molecule has 0 saturated heterocycles. The average molecular weight is 298 g/mol. The lowest BCUT2D eigenvalue weighted by atomic mass is 9.99. The van der Waals surface area contributed by atoms with E-state index in [0.29, 0.717) is 5.92 Å². The Hall–Kier alpha value is -1.41. The highest BCUT2D eigenvalue weighted by molar-refractivity contribution is 6.89. The molecule has 2 aromatic rings. The molecule has 0 aliphatic rings. The molecule has 1 heterocycles. The summed E-state index contributed by atoms with van der Waals surface area (Å²) in [5.74, 6) is 0.541. The molecule has 2 rings (SSSR count). The Morgan fingerprint density at radius 3 is 1.95 bits per heavy atom. The lowest BCUT2D eigenvalue weighted by molar-refractivity contribution is 0.870. The third-order valence-corrected chi connectivity index (χ3v) is 5.92. The van der Waals surface area contributed by atoms with Gasteiger partial charge in [-0.05, 0) is 48.7 Å². The van der Waals surface area contributed by atoms with Gasteiger partial charge in [0, 0.05) is 11.8 Å². The van der Waals surface area contributed by atoms with Crippen molar-refractivity contribution >= 4 is 13.3 Å². The summed E-state index contributed by atoms with van der Waals surface area (Å²) >= 11 is 0. The highest BCUT2D eigenvalue weighted by atomic mass is 28.3. The summed E-state index contributed by atoms with van der Waals surface area (Å²) in [7, 11) is -1.35. The molecule has 0 aliphatic carbocycles. The minimum absolute atomic E-state index is 0.541. The van der Waals surface area contributed by atoms with Gasteiger partial charge in [0.15, 0.2) is 0 Å². The van der Waals surface area contributed by atoms with Crippen LogP contribution in [-0.4, -0.2) is 13.1 Å². The molecule has 0 unspecified atom stereocenters. The Morgan fingerprint density at radius 2 is 1.48 bits per heavy atom. The lowest BCUT2D eigenvalue weighted by Crippen LogP contribution is -2.40. The second kappa shape index (κ2) is 5.76. The number of pyridine rings is 1. The Balaban J connectivity index is 2.59. The molecule has 1 aromatic heterocycles. The Bertz CT molecular complexity index is 631. The van der Waals surface area contributed by atoms with E-state index in [1.807, 2.05) is 0 Å². The standard InChI is InChI=1S/C19H27NSi/c1-13(2)17-11-18(20-12-19(17)21(5,6)7)16-9-14(3)8-15(4)10-16/h8-13H,1-7H3. The zero-order chi connectivity index (χ0) is 15.8. The van der Waals surface area contributed by atoms with E-state index in [9.17, 15) is 0 Å². The van der Waals surface area contributed by atoms with Crippen molar-refractivity contribution in [2.24, 2.45) is 0 Å². The van der Waals surface area contributed by atoms with Gasteiger partial charge in [-0.15, -0.1) is 0 Å². The van der Waals surface area contributed by atoms with Gasteiger partial charge in [-0.3, -0.25) is 4.98 Å². The van der Waals surface area contributed by atoms with Crippen LogP contribution in [0.5, 0.6) is 0 Å². The monoisotopic (exact) mass is 297 g/mol. The second-order valence-electron chi connectivity index (χ2n) is 7.44. The molecule has 112 valence electrons. The van der Waals surface area contributed by atoms with E-state index in [4.69, 9.17) is 4.98 Å². The summed E-state index contributed by atoms with van der Waals surface area (Å²) in [5, 5.41) is 1.49. The van der Waals surface area contributed by atoms with Crippen LogP contribution >= 0.6 is 0 Å². The lowest BCUT2D eigenvalue weighted by Gasteiger charge is -2.23. The smallest absolute Gasteiger partial charge is 0.0799 e. The molecule has 0 fully saturated rings. The van der Waals surface area contributed by atoms with Gasteiger partial charge in [0.2, 0.25) is 0 Å². The number of aryl methyl sites for hydroxylation is 2. The summed E-state index contributed by atoms with van der Waals surface area (Å²) in [6, 6.07) is 8.98. The van der Waals surface area contributed by atoms with E-state index < -0.39 is 8.07 Å². The first-order chi connectivity index (χ1) is 9.68. The highest BCUT2D eigenvalue weighted by Gasteiger charge is 2.22. The average Bonchev–Trinajstić information content (AvgIpc) is 2.35. The van der Waals surface area contributed by atoms with Gasteiger partial charge in [0.1, 0.15) is 0 Å². The number of hydrogen-bond acceptors (Lipinski definition) is 1. The summed E-state index contributed by atoms with van der Waals surface area (Å²) in [5.41, 5.74) is 6.40. The van der Waals surface area contributed by atoms with Crippen molar-refractivity contribution in [3.8, 4) is 11.3 Å². The van der Waals surface area contributed by atoms with Crippen molar-refractivity contribution in [3.05, 3.63) is 47.2 Å². The maximum atomic E-state index is 4.78. The van der Waals surface area contributed by atoms with Crippen molar-refractivity contribution in [2.45, 2.75) is 53.3 Å². The molecule has 0 N–H and O–H groups in total. The van der Waals surface area contributed by atoms with Gasteiger partial charge < -0.3 is 0 Å². The van der Waals surface area contributed by atoms with Gasteiger partial charge >= 0.3 is 0 Å². The molecule has 0 saturated carbocycles. The topological polar surface area (TPSA) is 12.9 Å². The highest BCUT2D eigenvalue weighted by Crippen LogP contribution is 2.24. The van der Waals surface area contributed by atoms with E-state index in [1.54, 1.807) is 0 Å². The first-order valence-corrected chi connectivity index (χ1v) is 11.3. The molecule has 2 heteroatoms. The fourth-order valence-electron chi connectivity index (χ4n) is 2.86. The SMILES string of the molecule is Cc1cc(C)cc(-c2cc(C(C)C)c([Si](C)(C)C)cn2)c1. The zero-order valence-corrected chi connectivity index (χ0v) is 15.4. The summed E-state index contributed by atoms with van der Waals surface area (Å²) in [6.45, 7) is 16.0. The van der Waals surface area contributed by atoms with Crippen LogP contribution in [0.4, 0.5) is 0 Å². The first kappa shape index (κ1) is 16.0. The van der Waals surface area contributed by atoms with Crippen molar-refractivity contribution in [2.75, 3.05) is 0 Å². The van der Waals surface area contributed by atoms with Gasteiger partial charge in [-0.1, -0.05) is 50.7 Å². The Morgan fingerprint density at radius 1 is 0.905 bits per heavy atom. The van der Waals surface area contributed by atoms with Crippen LogP contribution in [0, 0.1) is 13.8 Å². The number of benzene rings is 1. The number of hydrogen-bond donors (Lipinski definition) is 0. The second-order valence-corrected chi connectivity index (χ2v) is 12.5. The normalized spacial score (nSPS) is 12.0. The fraction of sp³-hybridized carbons (Fsp3) is 0.421. The Kier molecular flexibility index (Phi) is 4.38. The van der Waals surface area contributed by atoms with Crippen LogP contribution in [0.25, 0.3) is 11.3 Å². The molecule has 0 aliphatic heterocycles. The van der Waals surface area contributed by atoms with Crippen LogP contribution in [-0.2, 0) is 0 Å². The first-order valence-electron chi connectivity index (χ1n) is 7.77. The summed E-state index contributed by atoms with van der Waals surface area (Å²) in [4.78, 5) is 4.78. The van der Waals surface area contributed by atoms with E-state index in [2.05, 4.69) is 77.8 Å². The minimum Gasteiger partial charge on any atom is -0.256 e. The third kappa shape index (κ3) is 3.62. The van der Waals surface area contributed by atoms with Crippen molar-refractivity contribution in [1.29, 1.82) is 0 Å². The van der Waals surface area contributed by atoms with E-state index in [0.717, 1.165) is 5.69 Å². The van der Waals surface area contributed by atoms with Crippen LogP contribution < -0.4 is 5.19 Å². The predicted molar refractivity (Wildman–Crippen MR) is 96.2 cm³/mol. The molecule has 1 nitrogen and oxygen atoms in total. The quantitative estimate of drug-likeness (QED) is 0.724. The number of aromatic nitrogens is 1. The van der Waals surface area contributed by atoms with Crippen molar-refractivity contribution in [1.82, 2.24) is 4.98 Å². The van der Waals surface area contributed by atoms with Crippen molar-refractivity contribution < 1.29 is 0 Å². The maximum absolute atomic E-state index is 4.78. The maximum Gasteiger partial charge on any atom is 0.0799 e. The third-order valence-electron chi connectivity index (χ3n) is 3.88. The van der Waals surface area contributed by atoms with E-state index in [-0.39, 0.29) is 0 Å². The van der Waals surface area contributed by atoms with Gasteiger partial charge in [0.25, 0.3) is 0 Å². The molecular formula is C19H27NSi. The predicted octanol–water partition coefficient (Wildman–Crippen LogP) is 5.03. The van der Waals surface area contributed by atoms with Crippen LogP contribution in [0.3, 0.4) is 0 Å². The van der Waals surface area contributed by atoms with Gasteiger partial charge in [-0.2, -0.15) is 0 Å². The fourth-order valence-corrected chi connectivity index (χ4v) is 4.53. The number of rotatable bonds is 3. The Labute approximate surface area is 130 Å². The van der Waals surface area contributed by atoms with Gasteiger partial charge in [-0.25, -0.2) is 0 Å². The molecule has 0 bridgehead atoms.